The second-order valence-electron chi connectivity index (χ2n) is 5.62. The van der Waals surface area contributed by atoms with E-state index in [4.69, 9.17) is 4.74 Å². The molecule has 0 saturated heterocycles. The maximum Gasteiger partial charge on any atom is 0.330 e. The zero-order valence-corrected chi connectivity index (χ0v) is 12.8. The van der Waals surface area contributed by atoms with Crippen LogP contribution in [0, 0.1) is 0 Å². The Morgan fingerprint density at radius 2 is 2.19 bits per heavy atom. The Kier molecular flexibility index (Phi) is 6.44. The molecule has 1 fully saturated rings. The van der Waals surface area contributed by atoms with Crippen LogP contribution in [0.15, 0.2) is 12.3 Å². The summed E-state index contributed by atoms with van der Waals surface area (Å²) in [5.74, 6) is -0.307. The fraction of sp³-hybridized carbons (Fsp3) is 0.688. The van der Waals surface area contributed by atoms with Gasteiger partial charge in [-0.15, -0.1) is 5.10 Å². The molecule has 2 rings (SSSR count). The van der Waals surface area contributed by atoms with Crippen molar-refractivity contribution >= 4 is 12.0 Å². The molecular formula is C16H25N3O2. The van der Waals surface area contributed by atoms with E-state index in [2.05, 4.69) is 17.2 Å². The lowest BCUT2D eigenvalue weighted by Crippen LogP contribution is -2.13. The average Bonchev–Trinajstić information content (AvgIpc) is 2.99. The molecule has 1 aromatic rings. The first-order valence-corrected chi connectivity index (χ1v) is 8.06. The molecule has 116 valence electrons. The smallest absolute Gasteiger partial charge is 0.330 e. The van der Waals surface area contributed by atoms with Crippen molar-refractivity contribution in [2.75, 3.05) is 6.61 Å². The third kappa shape index (κ3) is 5.33. The standard InChI is InChI=1S/C16H25N3O2/c1-2-3-7-12-21-16(20)11-10-14-13-19(18-17-14)15-8-5-4-6-9-15/h10-11,13,15H,2-9,12H2,1H3. The van der Waals surface area contributed by atoms with Crippen LogP contribution in [0.5, 0.6) is 0 Å². The molecule has 1 aromatic heterocycles. The summed E-state index contributed by atoms with van der Waals surface area (Å²) in [7, 11) is 0. The quantitative estimate of drug-likeness (QED) is 0.438. The minimum absolute atomic E-state index is 0.307. The molecule has 5 nitrogen and oxygen atoms in total. The average molecular weight is 291 g/mol. The molecule has 0 amide bonds. The summed E-state index contributed by atoms with van der Waals surface area (Å²) in [4.78, 5) is 11.5. The maximum atomic E-state index is 11.5. The number of aromatic nitrogens is 3. The summed E-state index contributed by atoms with van der Waals surface area (Å²) in [6, 6.07) is 0.467. The first-order valence-electron chi connectivity index (χ1n) is 8.06. The Labute approximate surface area is 126 Å². The van der Waals surface area contributed by atoms with Crippen LogP contribution in [-0.2, 0) is 9.53 Å². The van der Waals surface area contributed by atoms with Gasteiger partial charge in [0.1, 0.15) is 5.69 Å². The predicted octanol–water partition coefficient (Wildman–Crippen LogP) is 3.53. The van der Waals surface area contributed by atoms with Crippen molar-refractivity contribution in [3.8, 4) is 0 Å². The minimum atomic E-state index is -0.307. The lowest BCUT2D eigenvalue weighted by atomic mass is 9.96. The first kappa shape index (κ1) is 15.7. The SMILES string of the molecule is CCCCCOC(=O)C=Cc1cn(C2CCCCC2)nn1. The minimum Gasteiger partial charge on any atom is -0.463 e. The highest BCUT2D eigenvalue weighted by Crippen LogP contribution is 2.27. The van der Waals surface area contributed by atoms with Crippen LogP contribution >= 0.6 is 0 Å². The molecule has 0 bridgehead atoms. The third-order valence-electron chi connectivity index (χ3n) is 3.86. The first-order chi connectivity index (χ1) is 10.3. The van der Waals surface area contributed by atoms with E-state index in [-0.39, 0.29) is 5.97 Å². The van der Waals surface area contributed by atoms with Gasteiger partial charge in [-0.2, -0.15) is 0 Å². The maximum absolute atomic E-state index is 11.5. The highest BCUT2D eigenvalue weighted by molar-refractivity contribution is 5.86. The summed E-state index contributed by atoms with van der Waals surface area (Å²) in [6.45, 7) is 2.61. The van der Waals surface area contributed by atoms with Crippen molar-refractivity contribution in [1.82, 2.24) is 15.0 Å². The van der Waals surface area contributed by atoms with E-state index in [1.807, 2.05) is 10.9 Å². The van der Waals surface area contributed by atoms with Gasteiger partial charge in [-0.1, -0.05) is 44.2 Å². The molecule has 1 aliphatic rings. The lowest BCUT2D eigenvalue weighted by Gasteiger charge is -2.20. The molecule has 0 radical (unpaired) electrons. The zero-order chi connectivity index (χ0) is 14.9. The van der Waals surface area contributed by atoms with Crippen LogP contribution < -0.4 is 0 Å². The van der Waals surface area contributed by atoms with E-state index < -0.39 is 0 Å². The van der Waals surface area contributed by atoms with Gasteiger partial charge in [0, 0.05) is 6.08 Å². The number of carbonyl (C=O) groups is 1. The van der Waals surface area contributed by atoms with Gasteiger partial charge in [0.25, 0.3) is 0 Å². The number of ether oxygens (including phenoxy) is 1. The number of carbonyl (C=O) groups excluding carboxylic acids is 1. The monoisotopic (exact) mass is 291 g/mol. The van der Waals surface area contributed by atoms with Crippen molar-refractivity contribution in [2.24, 2.45) is 0 Å². The van der Waals surface area contributed by atoms with Crippen molar-refractivity contribution in [3.63, 3.8) is 0 Å². The molecule has 0 atom stereocenters. The largest absolute Gasteiger partial charge is 0.463 e. The van der Waals surface area contributed by atoms with Gasteiger partial charge >= 0.3 is 5.97 Å². The van der Waals surface area contributed by atoms with Crippen LogP contribution in [0.3, 0.4) is 0 Å². The highest BCUT2D eigenvalue weighted by atomic mass is 16.5. The summed E-state index contributed by atoms with van der Waals surface area (Å²) in [5, 5.41) is 8.26. The normalized spacial score (nSPS) is 16.4. The lowest BCUT2D eigenvalue weighted by molar-refractivity contribution is -0.137. The molecule has 0 spiro atoms. The molecule has 5 heteroatoms. The van der Waals surface area contributed by atoms with Crippen molar-refractivity contribution in [1.29, 1.82) is 0 Å². The van der Waals surface area contributed by atoms with Crippen molar-refractivity contribution in [3.05, 3.63) is 18.0 Å². The molecule has 1 heterocycles. The molecule has 1 saturated carbocycles. The van der Waals surface area contributed by atoms with Gasteiger partial charge in [0.05, 0.1) is 18.8 Å². The van der Waals surface area contributed by atoms with E-state index in [1.54, 1.807) is 6.08 Å². The van der Waals surface area contributed by atoms with Crippen LogP contribution in [0.2, 0.25) is 0 Å². The topological polar surface area (TPSA) is 57.0 Å². The summed E-state index contributed by atoms with van der Waals surface area (Å²) in [6.07, 6.45) is 14.4. The zero-order valence-electron chi connectivity index (χ0n) is 12.8. The second-order valence-corrected chi connectivity index (χ2v) is 5.62. The van der Waals surface area contributed by atoms with E-state index >= 15 is 0 Å². The van der Waals surface area contributed by atoms with E-state index in [0.717, 1.165) is 19.3 Å². The van der Waals surface area contributed by atoms with Gasteiger partial charge in [-0.25, -0.2) is 9.48 Å². The van der Waals surface area contributed by atoms with Gasteiger partial charge in [0.2, 0.25) is 0 Å². The van der Waals surface area contributed by atoms with Crippen LogP contribution in [0.4, 0.5) is 0 Å². The Balaban J connectivity index is 1.78. The molecular weight excluding hydrogens is 266 g/mol. The molecule has 21 heavy (non-hydrogen) atoms. The number of nitrogens with zero attached hydrogens (tertiary/aromatic N) is 3. The Hall–Kier alpha value is -1.65. The third-order valence-corrected chi connectivity index (χ3v) is 3.86. The summed E-state index contributed by atoms with van der Waals surface area (Å²) >= 11 is 0. The summed E-state index contributed by atoms with van der Waals surface area (Å²) < 4.78 is 7.04. The van der Waals surface area contributed by atoms with Crippen LogP contribution in [0.1, 0.15) is 70.0 Å². The van der Waals surface area contributed by atoms with E-state index in [9.17, 15) is 4.79 Å². The fourth-order valence-electron chi connectivity index (χ4n) is 2.62. The number of hydrogen-bond acceptors (Lipinski definition) is 4. The Morgan fingerprint density at radius 3 is 2.95 bits per heavy atom. The van der Waals surface area contributed by atoms with Gasteiger partial charge in [-0.05, 0) is 25.3 Å². The number of rotatable bonds is 7. The van der Waals surface area contributed by atoms with Gasteiger partial charge < -0.3 is 4.74 Å². The number of esters is 1. The summed E-state index contributed by atoms with van der Waals surface area (Å²) in [5.41, 5.74) is 0.714. The molecule has 0 unspecified atom stereocenters. The van der Waals surface area contributed by atoms with Crippen molar-refractivity contribution < 1.29 is 9.53 Å². The van der Waals surface area contributed by atoms with Crippen LogP contribution in [-0.4, -0.2) is 27.6 Å². The predicted molar refractivity (Wildman–Crippen MR) is 81.7 cm³/mol. The van der Waals surface area contributed by atoms with E-state index in [0.29, 0.717) is 18.3 Å². The molecule has 0 aliphatic heterocycles. The Morgan fingerprint density at radius 1 is 1.38 bits per heavy atom. The fourth-order valence-corrected chi connectivity index (χ4v) is 2.62. The van der Waals surface area contributed by atoms with Crippen LogP contribution in [0.25, 0.3) is 6.08 Å². The number of unbranched alkanes of at least 4 members (excludes halogenated alkanes) is 2. The Bertz CT molecular complexity index is 462. The molecule has 0 aromatic carbocycles. The van der Waals surface area contributed by atoms with Crippen molar-refractivity contribution in [2.45, 2.75) is 64.3 Å². The molecule has 1 aliphatic carbocycles. The highest BCUT2D eigenvalue weighted by Gasteiger charge is 2.16. The van der Waals surface area contributed by atoms with E-state index in [1.165, 1.54) is 38.2 Å². The second kappa shape index (κ2) is 8.60. The molecule has 0 N–H and O–H groups in total. The van der Waals surface area contributed by atoms with Gasteiger partial charge in [0.15, 0.2) is 0 Å². The van der Waals surface area contributed by atoms with Gasteiger partial charge in [-0.3, -0.25) is 0 Å². The number of hydrogen-bond donors (Lipinski definition) is 0.